The van der Waals surface area contributed by atoms with Crippen molar-refractivity contribution in [3.05, 3.63) is 28.8 Å². The molecule has 0 atom stereocenters. The van der Waals surface area contributed by atoms with Crippen LogP contribution in [0.5, 0.6) is 0 Å². The highest BCUT2D eigenvalue weighted by atomic mass is 16.1. The zero-order chi connectivity index (χ0) is 9.14. The molecule has 63 valence electrons. The van der Waals surface area contributed by atoms with E-state index >= 15 is 0 Å². The van der Waals surface area contributed by atoms with E-state index in [1.165, 1.54) is 5.56 Å². The third-order valence-corrected chi connectivity index (χ3v) is 1.85. The van der Waals surface area contributed by atoms with E-state index in [9.17, 15) is 4.79 Å². The summed E-state index contributed by atoms with van der Waals surface area (Å²) < 4.78 is 0. The van der Waals surface area contributed by atoms with Gasteiger partial charge in [0.15, 0.2) is 0 Å². The molecular formula is C10H12NO. The molecule has 0 aromatic heterocycles. The van der Waals surface area contributed by atoms with Gasteiger partial charge in [-0.15, -0.1) is 0 Å². The monoisotopic (exact) mass is 162 g/mol. The summed E-state index contributed by atoms with van der Waals surface area (Å²) in [5.74, 6) is 0. The number of benzene rings is 1. The number of hydrogen-bond donors (Lipinski definition) is 1. The Labute approximate surface area is 72.6 Å². The summed E-state index contributed by atoms with van der Waals surface area (Å²) in [6.07, 6.45) is 1.69. The van der Waals surface area contributed by atoms with Crippen molar-refractivity contribution in [1.29, 1.82) is 0 Å². The lowest BCUT2D eigenvalue weighted by Crippen LogP contribution is -1.99. The molecule has 0 unspecified atom stereocenters. The van der Waals surface area contributed by atoms with E-state index in [1.54, 1.807) is 6.41 Å². The van der Waals surface area contributed by atoms with Gasteiger partial charge in [-0.2, -0.15) is 0 Å². The Morgan fingerprint density at radius 1 is 1.17 bits per heavy atom. The van der Waals surface area contributed by atoms with Gasteiger partial charge in [-0.3, -0.25) is 4.79 Å². The van der Waals surface area contributed by atoms with Crippen molar-refractivity contribution in [2.75, 3.05) is 5.32 Å². The fourth-order valence-electron chi connectivity index (χ4n) is 1.43. The summed E-state index contributed by atoms with van der Waals surface area (Å²) in [5, 5.41) is 2.57. The van der Waals surface area contributed by atoms with Gasteiger partial charge in [0.2, 0.25) is 0 Å². The first-order valence-electron chi connectivity index (χ1n) is 3.86. The van der Waals surface area contributed by atoms with E-state index in [4.69, 9.17) is 0 Å². The summed E-state index contributed by atoms with van der Waals surface area (Å²) in [7, 11) is 0. The van der Waals surface area contributed by atoms with Crippen molar-refractivity contribution >= 4 is 12.1 Å². The number of nitrogens with one attached hydrogen (secondary N) is 1. The Hall–Kier alpha value is -1.31. The molecule has 0 bridgehead atoms. The fraction of sp³-hybridized carbons (Fsp3) is 0.300. The third-order valence-electron chi connectivity index (χ3n) is 1.85. The SMILES string of the molecule is Cc1cc(C)c(N[C]=O)c(C)c1. The minimum Gasteiger partial charge on any atom is -0.317 e. The predicted molar refractivity (Wildman–Crippen MR) is 50.0 cm³/mol. The number of rotatable bonds is 2. The van der Waals surface area contributed by atoms with Gasteiger partial charge in [0.1, 0.15) is 0 Å². The van der Waals surface area contributed by atoms with Crippen LogP contribution in [0.25, 0.3) is 0 Å². The number of amides is 1. The zero-order valence-corrected chi connectivity index (χ0v) is 7.56. The summed E-state index contributed by atoms with van der Waals surface area (Å²) in [6, 6.07) is 4.07. The highest BCUT2D eigenvalue weighted by Crippen LogP contribution is 2.20. The quantitative estimate of drug-likeness (QED) is 0.663. The third kappa shape index (κ3) is 1.64. The molecule has 12 heavy (non-hydrogen) atoms. The molecule has 1 aromatic rings. The number of aryl methyl sites for hydroxylation is 3. The molecule has 1 rings (SSSR count). The zero-order valence-electron chi connectivity index (χ0n) is 7.56. The molecular weight excluding hydrogens is 150 g/mol. The van der Waals surface area contributed by atoms with Crippen LogP contribution in [-0.2, 0) is 4.79 Å². The van der Waals surface area contributed by atoms with Crippen molar-refractivity contribution in [3.63, 3.8) is 0 Å². The van der Waals surface area contributed by atoms with Crippen molar-refractivity contribution in [3.8, 4) is 0 Å². The van der Waals surface area contributed by atoms with Gasteiger partial charge in [-0.25, -0.2) is 0 Å². The standard InChI is InChI=1S/C10H12NO/c1-7-4-8(2)10(11-6-12)9(3)5-7/h4-5H,1-3H3,(H,11,12). The van der Waals surface area contributed by atoms with E-state index in [2.05, 4.69) is 5.32 Å². The molecule has 2 heteroatoms. The minimum absolute atomic E-state index is 0.871. The van der Waals surface area contributed by atoms with Gasteiger partial charge in [-0.05, 0) is 31.9 Å². The maximum atomic E-state index is 10.1. The van der Waals surface area contributed by atoms with Crippen LogP contribution in [0.1, 0.15) is 16.7 Å². The molecule has 2 nitrogen and oxygen atoms in total. The van der Waals surface area contributed by atoms with Crippen LogP contribution in [0.15, 0.2) is 12.1 Å². The average molecular weight is 162 g/mol. The number of carbonyl (C=O) groups excluding carboxylic acids is 1. The second kappa shape index (κ2) is 3.39. The lowest BCUT2D eigenvalue weighted by Gasteiger charge is -2.08. The molecule has 1 N–H and O–H groups in total. The lowest BCUT2D eigenvalue weighted by atomic mass is 10.1. The molecule has 1 amide bonds. The average Bonchev–Trinajstić information content (AvgIpc) is 1.96. The molecule has 0 fully saturated rings. The second-order valence-electron chi connectivity index (χ2n) is 3.00. The van der Waals surface area contributed by atoms with Gasteiger partial charge < -0.3 is 5.32 Å². The van der Waals surface area contributed by atoms with E-state index in [1.807, 2.05) is 32.9 Å². The molecule has 0 aliphatic heterocycles. The molecule has 0 saturated carbocycles. The summed E-state index contributed by atoms with van der Waals surface area (Å²) in [5.41, 5.74) is 4.24. The van der Waals surface area contributed by atoms with Crippen molar-refractivity contribution in [2.24, 2.45) is 0 Å². The molecule has 0 spiro atoms. The van der Waals surface area contributed by atoms with E-state index in [0.29, 0.717) is 0 Å². The lowest BCUT2D eigenvalue weighted by molar-refractivity contribution is 0.561. The van der Waals surface area contributed by atoms with Gasteiger partial charge >= 0.3 is 6.41 Å². The first-order valence-corrected chi connectivity index (χ1v) is 3.86. The Morgan fingerprint density at radius 2 is 1.67 bits per heavy atom. The second-order valence-corrected chi connectivity index (χ2v) is 3.00. The van der Waals surface area contributed by atoms with Crippen LogP contribution < -0.4 is 5.32 Å². The Bertz CT molecular complexity index is 282. The van der Waals surface area contributed by atoms with E-state index in [0.717, 1.165) is 16.8 Å². The van der Waals surface area contributed by atoms with Crippen LogP contribution in [-0.4, -0.2) is 6.41 Å². The van der Waals surface area contributed by atoms with E-state index < -0.39 is 0 Å². The molecule has 0 aliphatic carbocycles. The topological polar surface area (TPSA) is 29.1 Å². The molecule has 1 aromatic carbocycles. The van der Waals surface area contributed by atoms with Crippen LogP contribution in [0, 0.1) is 20.8 Å². The minimum atomic E-state index is 0.871. The normalized spacial score (nSPS) is 9.58. The van der Waals surface area contributed by atoms with Crippen molar-refractivity contribution < 1.29 is 4.79 Å². The Kier molecular flexibility index (Phi) is 2.48. The molecule has 0 aliphatic rings. The Balaban J connectivity index is 3.18. The van der Waals surface area contributed by atoms with E-state index in [-0.39, 0.29) is 0 Å². The maximum Gasteiger partial charge on any atom is 0.314 e. The summed E-state index contributed by atoms with van der Waals surface area (Å²) in [6.45, 7) is 5.98. The van der Waals surface area contributed by atoms with Crippen LogP contribution >= 0.6 is 0 Å². The number of hydrogen-bond acceptors (Lipinski definition) is 1. The van der Waals surface area contributed by atoms with Crippen LogP contribution in [0.4, 0.5) is 5.69 Å². The first-order chi connectivity index (χ1) is 5.65. The van der Waals surface area contributed by atoms with Crippen LogP contribution in [0.3, 0.4) is 0 Å². The van der Waals surface area contributed by atoms with Crippen molar-refractivity contribution in [1.82, 2.24) is 0 Å². The molecule has 0 heterocycles. The number of anilines is 1. The largest absolute Gasteiger partial charge is 0.317 e. The molecule has 1 radical (unpaired) electrons. The fourth-order valence-corrected chi connectivity index (χ4v) is 1.43. The highest BCUT2D eigenvalue weighted by molar-refractivity contribution is 5.76. The maximum absolute atomic E-state index is 10.1. The van der Waals surface area contributed by atoms with Gasteiger partial charge in [-0.1, -0.05) is 17.7 Å². The van der Waals surface area contributed by atoms with Crippen LogP contribution in [0.2, 0.25) is 0 Å². The highest BCUT2D eigenvalue weighted by Gasteiger charge is 2.01. The first kappa shape index (κ1) is 8.78. The van der Waals surface area contributed by atoms with Gasteiger partial charge in [0, 0.05) is 5.69 Å². The van der Waals surface area contributed by atoms with Gasteiger partial charge in [0.25, 0.3) is 0 Å². The molecule has 0 saturated heterocycles. The van der Waals surface area contributed by atoms with Crippen molar-refractivity contribution in [2.45, 2.75) is 20.8 Å². The Morgan fingerprint density at radius 3 is 2.08 bits per heavy atom. The predicted octanol–water partition coefficient (Wildman–Crippen LogP) is 2.09. The summed E-state index contributed by atoms with van der Waals surface area (Å²) >= 11 is 0. The summed E-state index contributed by atoms with van der Waals surface area (Å²) in [4.78, 5) is 10.1. The smallest absolute Gasteiger partial charge is 0.314 e. The van der Waals surface area contributed by atoms with Gasteiger partial charge in [0.05, 0.1) is 0 Å².